The lowest BCUT2D eigenvalue weighted by Crippen LogP contribution is -2.51. The average Bonchev–Trinajstić information content (AvgIpc) is 3.46. The normalized spacial score (nSPS) is 17.0. The van der Waals surface area contributed by atoms with Crippen molar-refractivity contribution in [3.05, 3.63) is 40.8 Å². The van der Waals surface area contributed by atoms with Crippen molar-refractivity contribution in [1.29, 1.82) is 0 Å². The van der Waals surface area contributed by atoms with Gasteiger partial charge in [-0.3, -0.25) is 20.2 Å². The van der Waals surface area contributed by atoms with E-state index in [4.69, 9.17) is 12.2 Å². The Bertz CT molecular complexity index is 1200. The fraction of sp³-hybridized carbons (Fsp3) is 0.200. The lowest BCUT2D eigenvalue weighted by Gasteiger charge is -2.17. The highest BCUT2D eigenvalue weighted by Crippen LogP contribution is 2.36. The summed E-state index contributed by atoms with van der Waals surface area (Å²) in [6.45, 7) is 2.22. The number of thiocarbonyl (C=S) groups is 1. The van der Waals surface area contributed by atoms with Gasteiger partial charge < -0.3 is 4.90 Å². The molecule has 0 spiro atoms. The number of thiophene rings is 1. The van der Waals surface area contributed by atoms with Gasteiger partial charge in [0.2, 0.25) is 5.13 Å². The minimum Gasteiger partial charge on any atom is -0.372 e. The maximum Gasteiger partial charge on any atom is 0.263 e. The van der Waals surface area contributed by atoms with Crippen LogP contribution in [0.3, 0.4) is 0 Å². The largest absolute Gasteiger partial charge is 0.372 e. The minimum atomic E-state index is -0.510. The van der Waals surface area contributed by atoms with Crippen molar-refractivity contribution in [3.63, 3.8) is 0 Å². The van der Waals surface area contributed by atoms with Gasteiger partial charge in [-0.25, -0.2) is 4.98 Å². The van der Waals surface area contributed by atoms with Crippen LogP contribution in [0.4, 0.5) is 16.5 Å². The molecule has 0 aliphatic carbocycles. The van der Waals surface area contributed by atoms with E-state index in [0.717, 1.165) is 33.2 Å². The lowest BCUT2D eigenvalue weighted by molar-refractivity contribution is -0.123. The maximum atomic E-state index is 12.0. The molecular formula is C20H16N6O2S3. The predicted octanol–water partition coefficient (Wildman–Crippen LogP) is 4.29. The number of azo groups is 1. The summed E-state index contributed by atoms with van der Waals surface area (Å²) in [7, 11) is 0. The van der Waals surface area contributed by atoms with Crippen LogP contribution in [0.2, 0.25) is 0 Å². The summed E-state index contributed by atoms with van der Waals surface area (Å²) in [4.78, 5) is 32.3. The number of hydrogen-bond acceptors (Lipinski definition) is 9. The van der Waals surface area contributed by atoms with Crippen molar-refractivity contribution < 1.29 is 9.59 Å². The molecule has 2 N–H and O–H groups in total. The Morgan fingerprint density at radius 1 is 1.03 bits per heavy atom. The van der Waals surface area contributed by atoms with Crippen LogP contribution in [0.25, 0.3) is 15.6 Å². The Morgan fingerprint density at radius 3 is 2.42 bits per heavy atom. The first-order valence-corrected chi connectivity index (χ1v) is 11.6. The molecule has 0 radical (unpaired) electrons. The standard InChI is InChI=1S/C20H16N6O2S3/c27-16-14(17(28)22-19(29)21-16)9-13-10-15-18(30-13)23-20(31-15)25-24-11-3-5-12(6-4-11)26-7-1-2-8-26/h3-6,9-10H,1-2,7-8H2,(H2,21,22,27,28,29)/b25-24+. The number of anilines is 1. The highest BCUT2D eigenvalue weighted by Gasteiger charge is 2.26. The number of hydrogen-bond donors (Lipinski definition) is 2. The van der Waals surface area contributed by atoms with Gasteiger partial charge in [-0.1, -0.05) is 11.3 Å². The molecule has 11 heteroatoms. The number of carbonyl (C=O) groups is 2. The number of rotatable bonds is 4. The van der Waals surface area contributed by atoms with Crippen LogP contribution in [-0.2, 0) is 9.59 Å². The van der Waals surface area contributed by atoms with E-state index in [1.807, 2.05) is 18.2 Å². The van der Waals surface area contributed by atoms with Gasteiger partial charge in [0.1, 0.15) is 10.4 Å². The first-order valence-electron chi connectivity index (χ1n) is 9.61. The maximum absolute atomic E-state index is 12.0. The van der Waals surface area contributed by atoms with E-state index in [0.29, 0.717) is 5.13 Å². The van der Waals surface area contributed by atoms with E-state index < -0.39 is 11.8 Å². The van der Waals surface area contributed by atoms with Crippen LogP contribution in [0.15, 0.2) is 46.1 Å². The molecule has 3 aromatic rings. The number of amides is 2. The van der Waals surface area contributed by atoms with Crippen molar-refractivity contribution in [2.75, 3.05) is 18.0 Å². The van der Waals surface area contributed by atoms with Crippen LogP contribution < -0.4 is 15.5 Å². The first kappa shape index (κ1) is 19.9. The van der Waals surface area contributed by atoms with Gasteiger partial charge in [0.25, 0.3) is 11.8 Å². The third-order valence-corrected chi connectivity index (χ3v) is 7.09. The van der Waals surface area contributed by atoms with Gasteiger partial charge in [-0.15, -0.1) is 21.6 Å². The van der Waals surface area contributed by atoms with Gasteiger partial charge in [0.15, 0.2) is 5.11 Å². The second-order valence-corrected chi connectivity index (χ2v) is 9.50. The number of fused-ring (bicyclic) bond motifs is 1. The molecule has 156 valence electrons. The Morgan fingerprint density at radius 2 is 1.74 bits per heavy atom. The number of thiazole rings is 1. The number of nitrogens with zero attached hydrogens (tertiary/aromatic N) is 4. The lowest BCUT2D eigenvalue weighted by atomic mass is 10.2. The average molecular weight is 469 g/mol. The van der Waals surface area contributed by atoms with Crippen molar-refractivity contribution in [2.24, 2.45) is 10.2 Å². The SMILES string of the molecule is O=C1NC(=S)NC(=O)C1=Cc1cc2sc(/N=N/c3ccc(N4CCCC4)cc3)nc2s1. The summed E-state index contributed by atoms with van der Waals surface area (Å²) in [6.07, 6.45) is 4.03. The predicted molar refractivity (Wildman–Crippen MR) is 126 cm³/mol. The second kappa shape index (κ2) is 8.25. The third kappa shape index (κ3) is 4.24. The monoisotopic (exact) mass is 468 g/mol. The number of benzene rings is 1. The molecule has 2 aromatic heterocycles. The molecule has 1 aromatic carbocycles. The Balaban J connectivity index is 1.30. The molecule has 5 rings (SSSR count). The van der Waals surface area contributed by atoms with Crippen LogP contribution in [0.1, 0.15) is 17.7 Å². The van der Waals surface area contributed by atoms with E-state index in [1.54, 1.807) is 0 Å². The molecule has 0 atom stereocenters. The van der Waals surface area contributed by atoms with Crippen molar-refractivity contribution in [2.45, 2.75) is 12.8 Å². The van der Waals surface area contributed by atoms with E-state index in [1.165, 1.54) is 47.3 Å². The van der Waals surface area contributed by atoms with Gasteiger partial charge >= 0.3 is 0 Å². The fourth-order valence-electron chi connectivity index (χ4n) is 3.41. The highest BCUT2D eigenvalue weighted by molar-refractivity contribution is 7.80. The zero-order valence-corrected chi connectivity index (χ0v) is 18.6. The molecule has 2 saturated heterocycles. The fourth-order valence-corrected chi connectivity index (χ4v) is 5.58. The van der Waals surface area contributed by atoms with Crippen LogP contribution in [0.5, 0.6) is 0 Å². The first-order chi connectivity index (χ1) is 15.0. The van der Waals surface area contributed by atoms with Crippen LogP contribution >= 0.6 is 34.9 Å². The Labute approximate surface area is 190 Å². The molecule has 4 heterocycles. The summed E-state index contributed by atoms with van der Waals surface area (Å²) in [6, 6.07) is 9.95. The highest BCUT2D eigenvalue weighted by atomic mass is 32.1. The zero-order chi connectivity index (χ0) is 21.4. The van der Waals surface area contributed by atoms with Gasteiger partial charge in [0.05, 0.1) is 10.4 Å². The molecule has 0 saturated carbocycles. The molecule has 2 fully saturated rings. The Kier molecular flexibility index (Phi) is 5.30. The number of nitrogens with one attached hydrogen (secondary N) is 2. The molecule has 8 nitrogen and oxygen atoms in total. The molecule has 2 amide bonds. The van der Waals surface area contributed by atoms with Gasteiger partial charge in [0, 0.05) is 23.7 Å². The van der Waals surface area contributed by atoms with Crippen molar-refractivity contribution in [3.8, 4) is 0 Å². The van der Waals surface area contributed by atoms with E-state index in [9.17, 15) is 9.59 Å². The number of aromatic nitrogens is 1. The van der Waals surface area contributed by atoms with Crippen LogP contribution in [0, 0.1) is 0 Å². The van der Waals surface area contributed by atoms with Crippen LogP contribution in [-0.4, -0.2) is 35.0 Å². The van der Waals surface area contributed by atoms with Gasteiger partial charge in [-0.05, 0) is 61.5 Å². The Hall–Kier alpha value is -3.02. The quantitative estimate of drug-likeness (QED) is 0.258. The van der Waals surface area contributed by atoms with E-state index in [2.05, 4.69) is 42.9 Å². The molecule has 31 heavy (non-hydrogen) atoms. The summed E-state index contributed by atoms with van der Waals surface area (Å²) in [5.41, 5.74) is 2.01. The number of carbonyl (C=O) groups excluding carboxylic acids is 2. The molecule has 0 unspecified atom stereocenters. The topological polar surface area (TPSA) is 99.0 Å². The molecule has 0 bridgehead atoms. The molecular weight excluding hydrogens is 452 g/mol. The van der Waals surface area contributed by atoms with Gasteiger partial charge in [-0.2, -0.15) is 0 Å². The summed E-state index contributed by atoms with van der Waals surface area (Å²) >= 11 is 7.59. The zero-order valence-electron chi connectivity index (χ0n) is 16.1. The summed E-state index contributed by atoms with van der Waals surface area (Å²) in [5.74, 6) is -1.02. The van der Waals surface area contributed by atoms with Crippen molar-refractivity contribution >= 4 is 83.9 Å². The summed E-state index contributed by atoms with van der Waals surface area (Å²) < 4.78 is 0.919. The molecule has 2 aliphatic rings. The van der Waals surface area contributed by atoms with E-state index in [-0.39, 0.29) is 10.7 Å². The third-order valence-electron chi connectivity index (χ3n) is 4.90. The molecule has 2 aliphatic heterocycles. The smallest absolute Gasteiger partial charge is 0.263 e. The second-order valence-electron chi connectivity index (χ2n) is 7.02. The van der Waals surface area contributed by atoms with Crippen molar-refractivity contribution in [1.82, 2.24) is 15.6 Å². The van der Waals surface area contributed by atoms with E-state index >= 15 is 0 Å². The minimum absolute atomic E-state index is 0.0137. The summed E-state index contributed by atoms with van der Waals surface area (Å²) in [5, 5.41) is 14.0.